The van der Waals surface area contributed by atoms with Crippen molar-refractivity contribution >= 4 is 29.1 Å². The van der Waals surface area contributed by atoms with Crippen LogP contribution in [-0.2, 0) is 0 Å². The van der Waals surface area contributed by atoms with E-state index in [1.54, 1.807) is 53.4 Å². The van der Waals surface area contributed by atoms with E-state index in [-0.39, 0.29) is 17.6 Å². The fraction of sp³-hybridized carbons (Fsp3) is 0.182. The van der Waals surface area contributed by atoms with Gasteiger partial charge in [0.05, 0.1) is 0 Å². The molecule has 1 N–H and O–H groups in total. The van der Waals surface area contributed by atoms with E-state index in [4.69, 9.17) is 16.0 Å². The zero-order chi connectivity index (χ0) is 20.1. The Morgan fingerprint density at radius 3 is 2.39 bits per heavy atom. The van der Waals surface area contributed by atoms with Crippen molar-refractivity contribution < 1.29 is 14.0 Å². The monoisotopic (exact) mass is 396 g/mol. The molecule has 5 nitrogen and oxygen atoms in total. The van der Waals surface area contributed by atoms with Crippen LogP contribution in [0.4, 0.5) is 5.69 Å². The Hall–Kier alpha value is -3.05. The Balaban J connectivity index is 1.74. The Labute approximate surface area is 168 Å². The highest BCUT2D eigenvalue weighted by Crippen LogP contribution is 2.24. The summed E-state index contributed by atoms with van der Waals surface area (Å²) < 4.78 is 5.66. The number of hydrogen-bond acceptors (Lipinski definition) is 3. The molecule has 0 unspecified atom stereocenters. The molecule has 0 atom stereocenters. The van der Waals surface area contributed by atoms with Crippen LogP contribution in [0.1, 0.15) is 34.8 Å². The summed E-state index contributed by atoms with van der Waals surface area (Å²) in [5, 5.41) is 3.41. The number of rotatable bonds is 6. The van der Waals surface area contributed by atoms with Crippen LogP contribution in [0.3, 0.4) is 0 Å². The van der Waals surface area contributed by atoms with Gasteiger partial charge in [-0.3, -0.25) is 9.59 Å². The molecular weight excluding hydrogens is 376 g/mol. The lowest BCUT2D eigenvalue weighted by Crippen LogP contribution is -2.30. The molecule has 2 aromatic carbocycles. The van der Waals surface area contributed by atoms with Crippen LogP contribution < -0.4 is 5.32 Å². The molecule has 3 aromatic rings. The number of anilines is 1. The van der Waals surface area contributed by atoms with Crippen LogP contribution in [0, 0.1) is 0 Å². The number of carbonyl (C=O) groups is 2. The summed E-state index contributed by atoms with van der Waals surface area (Å²) in [6, 6.07) is 17.4. The molecule has 0 radical (unpaired) electrons. The topological polar surface area (TPSA) is 62.6 Å². The van der Waals surface area contributed by atoms with Crippen LogP contribution in [0.15, 0.2) is 65.1 Å². The number of nitrogens with zero attached hydrogens (tertiary/aromatic N) is 1. The first-order valence-corrected chi connectivity index (χ1v) is 9.46. The molecule has 0 aliphatic heterocycles. The molecule has 144 valence electrons. The quantitative estimate of drug-likeness (QED) is 0.612. The molecule has 1 aromatic heterocycles. The average Bonchev–Trinajstić information content (AvgIpc) is 3.20. The van der Waals surface area contributed by atoms with Gasteiger partial charge in [0.2, 0.25) is 0 Å². The molecule has 0 spiro atoms. The predicted octanol–water partition coefficient (Wildman–Crippen LogP) is 5.33. The number of carbonyl (C=O) groups excluding carboxylic acids is 2. The Morgan fingerprint density at radius 2 is 1.71 bits per heavy atom. The maximum Gasteiger partial charge on any atom is 0.291 e. The van der Waals surface area contributed by atoms with Crippen molar-refractivity contribution in [2.45, 2.75) is 13.8 Å². The van der Waals surface area contributed by atoms with Crippen molar-refractivity contribution in [2.75, 3.05) is 18.4 Å². The van der Waals surface area contributed by atoms with Crippen LogP contribution in [-0.4, -0.2) is 29.8 Å². The van der Waals surface area contributed by atoms with E-state index >= 15 is 0 Å². The highest BCUT2D eigenvalue weighted by atomic mass is 35.5. The van der Waals surface area contributed by atoms with Crippen molar-refractivity contribution in [1.29, 1.82) is 0 Å². The fourth-order valence-corrected chi connectivity index (χ4v) is 2.97. The zero-order valence-corrected chi connectivity index (χ0v) is 16.5. The van der Waals surface area contributed by atoms with Crippen LogP contribution >= 0.6 is 11.6 Å². The molecule has 3 rings (SSSR count). The highest BCUT2D eigenvalue weighted by molar-refractivity contribution is 6.30. The van der Waals surface area contributed by atoms with Gasteiger partial charge >= 0.3 is 0 Å². The predicted molar refractivity (Wildman–Crippen MR) is 111 cm³/mol. The largest absolute Gasteiger partial charge is 0.451 e. The minimum Gasteiger partial charge on any atom is -0.451 e. The van der Waals surface area contributed by atoms with E-state index in [9.17, 15) is 9.59 Å². The third-order valence-electron chi connectivity index (χ3n) is 4.38. The molecule has 2 amide bonds. The molecule has 0 bridgehead atoms. The van der Waals surface area contributed by atoms with Gasteiger partial charge in [0.1, 0.15) is 5.76 Å². The summed E-state index contributed by atoms with van der Waals surface area (Å²) in [6.45, 7) is 5.13. The van der Waals surface area contributed by atoms with Crippen molar-refractivity contribution in [3.8, 4) is 11.3 Å². The molecule has 28 heavy (non-hydrogen) atoms. The zero-order valence-electron chi connectivity index (χ0n) is 15.7. The van der Waals surface area contributed by atoms with Crippen LogP contribution in [0.5, 0.6) is 0 Å². The van der Waals surface area contributed by atoms with Crippen molar-refractivity contribution in [3.05, 3.63) is 77.0 Å². The van der Waals surface area contributed by atoms with Crippen molar-refractivity contribution in [2.24, 2.45) is 0 Å². The number of benzene rings is 2. The molecule has 6 heteroatoms. The average molecular weight is 397 g/mol. The van der Waals surface area contributed by atoms with Gasteiger partial charge in [-0.25, -0.2) is 0 Å². The standard InChI is InChI=1S/C22H21ClN2O3/c1-3-25(4-2)22(27)16-6-5-7-18(14-16)24-21(26)20-13-12-19(28-20)15-8-10-17(23)11-9-15/h5-14H,3-4H2,1-2H3,(H,24,26). The Bertz CT molecular complexity index is 975. The van der Waals surface area contributed by atoms with E-state index < -0.39 is 0 Å². The van der Waals surface area contributed by atoms with Crippen LogP contribution in [0.25, 0.3) is 11.3 Å². The summed E-state index contributed by atoms with van der Waals surface area (Å²) in [5.41, 5.74) is 1.89. The third-order valence-corrected chi connectivity index (χ3v) is 4.63. The molecular formula is C22H21ClN2O3. The molecule has 0 saturated heterocycles. The maximum atomic E-state index is 12.5. The number of halogens is 1. The van der Waals surface area contributed by atoms with Gasteiger partial charge in [-0.1, -0.05) is 17.7 Å². The Kier molecular flexibility index (Phi) is 6.16. The molecule has 0 aliphatic carbocycles. The molecule has 0 fully saturated rings. The molecule has 0 saturated carbocycles. The SMILES string of the molecule is CCN(CC)C(=O)c1cccc(NC(=O)c2ccc(-c3ccc(Cl)cc3)o2)c1. The van der Waals surface area contributed by atoms with Gasteiger partial charge in [0.25, 0.3) is 11.8 Å². The second-order valence-corrected chi connectivity index (χ2v) is 6.62. The third kappa shape index (κ3) is 4.43. The lowest BCUT2D eigenvalue weighted by atomic mass is 10.1. The summed E-state index contributed by atoms with van der Waals surface area (Å²) in [5.74, 6) is 0.314. The second-order valence-electron chi connectivity index (χ2n) is 6.18. The Morgan fingerprint density at radius 1 is 1.00 bits per heavy atom. The van der Waals surface area contributed by atoms with Gasteiger partial charge in [-0.15, -0.1) is 0 Å². The van der Waals surface area contributed by atoms with E-state index in [2.05, 4.69) is 5.32 Å². The van der Waals surface area contributed by atoms with Crippen LogP contribution in [0.2, 0.25) is 5.02 Å². The van der Waals surface area contributed by atoms with E-state index in [1.807, 2.05) is 26.0 Å². The molecule has 1 heterocycles. The van der Waals surface area contributed by atoms with Gasteiger partial charge < -0.3 is 14.6 Å². The highest BCUT2D eigenvalue weighted by Gasteiger charge is 2.15. The fourth-order valence-electron chi connectivity index (χ4n) is 2.85. The summed E-state index contributed by atoms with van der Waals surface area (Å²) in [4.78, 5) is 26.7. The summed E-state index contributed by atoms with van der Waals surface area (Å²) in [7, 11) is 0. The van der Waals surface area contributed by atoms with E-state index in [1.165, 1.54) is 0 Å². The summed E-state index contributed by atoms with van der Waals surface area (Å²) >= 11 is 5.90. The van der Waals surface area contributed by atoms with Crippen molar-refractivity contribution in [1.82, 2.24) is 4.90 Å². The van der Waals surface area contributed by atoms with Gasteiger partial charge in [-0.05, 0) is 68.4 Å². The number of hydrogen-bond donors (Lipinski definition) is 1. The van der Waals surface area contributed by atoms with E-state index in [0.717, 1.165) is 5.56 Å². The van der Waals surface area contributed by atoms with Gasteiger partial charge in [0, 0.05) is 34.9 Å². The van der Waals surface area contributed by atoms with E-state index in [0.29, 0.717) is 35.1 Å². The first-order chi connectivity index (χ1) is 13.5. The smallest absolute Gasteiger partial charge is 0.291 e. The normalized spacial score (nSPS) is 10.5. The van der Waals surface area contributed by atoms with Crippen molar-refractivity contribution in [3.63, 3.8) is 0 Å². The summed E-state index contributed by atoms with van der Waals surface area (Å²) in [6.07, 6.45) is 0. The van der Waals surface area contributed by atoms with Gasteiger partial charge in [0.15, 0.2) is 5.76 Å². The number of amides is 2. The maximum absolute atomic E-state index is 12.5. The first-order valence-electron chi connectivity index (χ1n) is 9.08. The molecule has 0 aliphatic rings. The second kappa shape index (κ2) is 8.76. The lowest BCUT2D eigenvalue weighted by molar-refractivity contribution is 0.0772. The lowest BCUT2D eigenvalue weighted by Gasteiger charge is -2.18. The minimum atomic E-state index is -0.382. The number of nitrogens with one attached hydrogen (secondary N) is 1. The first kappa shape index (κ1) is 19.7. The van der Waals surface area contributed by atoms with Gasteiger partial charge in [-0.2, -0.15) is 0 Å². The minimum absolute atomic E-state index is 0.0656. The number of furan rings is 1.